The molecule has 0 saturated carbocycles. The third-order valence-electron chi connectivity index (χ3n) is 4.65. The highest BCUT2D eigenvalue weighted by Crippen LogP contribution is 2.19. The number of hydrogen-bond acceptors (Lipinski definition) is 4. The molecular formula is C18H22N2O5. The van der Waals surface area contributed by atoms with Crippen LogP contribution in [-0.4, -0.2) is 53.5 Å². The van der Waals surface area contributed by atoms with Gasteiger partial charge in [0.2, 0.25) is 5.91 Å². The fourth-order valence-electron chi connectivity index (χ4n) is 3.31. The summed E-state index contributed by atoms with van der Waals surface area (Å²) in [4.78, 5) is 37.3. The maximum absolute atomic E-state index is 12.6. The maximum atomic E-state index is 12.6. The molecule has 1 atom stereocenters. The Morgan fingerprint density at radius 1 is 1.28 bits per heavy atom. The van der Waals surface area contributed by atoms with Crippen LogP contribution in [0.25, 0.3) is 0 Å². The fraction of sp³-hybridized carbons (Fsp3) is 0.500. The number of amides is 2. The summed E-state index contributed by atoms with van der Waals surface area (Å²) >= 11 is 0. The van der Waals surface area contributed by atoms with Crippen LogP contribution in [0.2, 0.25) is 0 Å². The van der Waals surface area contributed by atoms with Crippen molar-refractivity contribution in [1.82, 2.24) is 10.2 Å². The number of hydrogen-bond donors (Lipinski definition) is 2. The molecule has 1 aromatic rings. The number of carbonyl (C=O) groups excluding carboxylic acids is 2. The molecule has 0 bridgehead atoms. The minimum atomic E-state index is -1.04. The number of aliphatic carboxylic acids is 1. The Morgan fingerprint density at radius 2 is 2.12 bits per heavy atom. The molecule has 0 aromatic heterocycles. The van der Waals surface area contributed by atoms with Gasteiger partial charge < -0.3 is 20.1 Å². The number of carboxylic acid groups (broad SMARTS) is 1. The largest absolute Gasteiger partial charge is 0.480 e. The number of ether oxygens (including phenoxy) is 1. The number of benzene rings is 1. The topological polar surface area (TPSA) is 95.9 Å². The number of rotatable bonds is 4. The van der Waals surface area contributed by atoms with Crippen LogP contribution >= 0.6 is 0 Å². The van der Waals surface area contributed by atoms with Gasteiger partial charge in [-0.25, -0.2) is 0 Å². The Labute approximate surface area is 146 Å². The second-order valence-electron chi connectivity index (χ2n) is 6.46. The van der Waals surface area contributed by atoms with Crippen LogP contribution < -0.4 is 5.32 Å². The van der Waals surface area contributed by atoms with Crippen molar-refractivity contribution in [3.05, 3.63) is 34.9 Å². The van der Waals surface area contributed by atoms with Crippen LogP contribution in [0.1, 0.15) is 40.7 Å². The number of nitrogens with zero attached hydrogens (tertiary/aromatic N) is 1. The summed E-state index contributed by atoms with van der Waals surface area (Å²) in [6, 6.07) is 4.80. The van der Waals surface area contributed by atoms with Gasteiger partial charge in [-0.05, 0) is 48.9 Å². The maximum Gasteiger partial charge on any atom is 0.323 e. The number of carboxylic acids is 1. The molecular weight excluding hydrogens is 324 g/mol. The lowest BCUT2D eigenvalue weighted by Gasteiger charge is -2.23. The van der Waals surface area contributed by atoms with Gasteiger partial charge in [-0.3, -0.25) is 14.4 Å². The highest BCUT2D eigenvalue weighted by atomic mass is 16.5. The Morgan fingerprint density at radius 3 is 2.92 bits per heavy atom. The van der Waals surface area contributed by atoms with E-state index in [4.69, 9.17) is 9.84 Å². The van der Waals surface area contributed by atoms with Gasteiger partial charge in [0.05, 0.1) is 13.2 Å². The highest BCUT2D eigenvalue weighted by Gasteiger charge is 2.29. The first-order chi connectivity index (χ1) is 12.0. The van der Waals surface area contributed by atoms with E-state index in [1.807, 2.05) is 12.1 Å². The van der Waals surface area contributed by atoms with Gasteiger partial charge in [0.25, 0.3) is 5.91 Å². The molecule has 2 N–H and O–H groups in total. The van der Waals surface area contributed by atoms with Crippen molar-refractivity contribution in [1.29, 1.82) is 0 Å². The molecule has 25 heavy (non-hydrogen) atoms. The van der Waals surface area contributed by atoms with Crippen LogP contribution in [0.3, 0.4) is 0 Å². The van der Waals surface area contributed by atoms with Crippen molar-refractivity contribution in [2.45, 2.75) is 38.3 Å². The van der Waals surface area contributed by atoms with Crippen LogP contribution in [0.15, 0.2) is 18.2 Å². The lowest BCUT2D eigenvalue weighted by atomic mass is 9.99. The minimum Gasteiger partial charge on any atom is -0.480 e. The average molecular weight is 346 g/mol. The van der Waals surface area contributed by atoms with Gasteiger partial charge in [0.1, 0.15) is 12.6 Å². The van der Waals surface area contributed by atoms with Crippen LogP contribution in [-0.2, 0) is 27.4 Å². The molecule has 2 aliphatic rings. The molecule has 7 nitrogen and oxygen atoms in total. The molecule has 1 saturated heterocycles. The van der Waals surface area contributed by atoms with Gasteiger partial charge >= 0.3 is 5.97 Å². The quantitative estimate of drug-likeness (QED) is 0.846. The first-order valence-corrected chi connectivity index (χ1v) is 8.55. The third kappa shape index (κ3) is 4.17. The number of likely N-dealkylation sites (tertiary alicyclic amines) is 1. The van der Waals surface area contributed by atoms with E-state index in [-0.39, 0.29) is 18.4 Å². The SMILES string of the molecule is O=C(O)CN1CCCCC(NC(=O)c2ccc3c(c2)CCOC3)C1=O. The van der Waals surface area contributed by atoms with Crippen molar-refractivity contribution in [2.75, 3.05) is 19.7 Å². The Kier molecular flexibility index (Phi) is 5.33. The van der Waals surface area contributed by atoms with Gasteiger partial charge in [0.15, 0.2) is 0 Å². The predicted molar refractivity (Wildman–Crippen MR) is 89.1 cm³/mol. The molecule has 7 heteroatoms. The standard InChI is InChI=1S/C18H22N2O5/c21-16(22)10-20-7-2-1-3-15(18(20)24)19-17(23)13-4-5-14-11-25-8-6-12(14)9-13/h4-5,9,15H,1-3,6-8,10-11H2,(H,19,23)(H,21,22). The van der Waals surface area contributed by atoms with E-state index in [0.29, 0.717) is 31.7 Å². The fourth-order valence-corrected chi connectivity index (χ4v) is 3.31. The van der Waals surface area contributed by atoms with E-state index in [1.54, 1.807) is 6.07 Å². The first kappa shape index (κ1) is 17.4. The summed E-state index contributed by atoms with van der Waals surface area (Å²) in [6.45, 7) is 1.28. The first-order valence-electron chi connectivity index (χ1n) is 8.55. The van der Waals surface area contributed by atoms with Gasteiger partial charge in [-0.2, -0.15) is 0 Å². The molecule has 134 valence electrons. The van der Waals surface area contributed by atoms with Gasteiger partial charge in [-0.1, -0.05) is 6.07 Å². The molecule has 0 spiro atoms. The summed E-state index contributed by atoms with van der Waals surface area (Å²) in [5.41, 5.74) is 2.70. The van der Waals surface area contributed by atoms with Crippen molar-refractivity contribution >= 4 is 17.8 Å². The van der Waals surface area contributed by atoms with Crippen LogP contribution in [0, 0.1) is 0 Å². The van der Waals surface area contributed by atoms with E-state index in [0.717, 1.165) is 30.4 Å². The molecule has 0 aliphatic carbocycles. The zero-order valence-electron chi connectivity index (χ0n) is 14.0. The predicted octanol–water partition coefficient (Wildman–Crippen LogP) is 0.955. The molecule has 1 aromatic carbocycles. The van der Waals surface area contributed by atoms with E-state index >= 15 is 0 Å². The van der Waals surface area contributed by atoms with Crippen molar-refractivity contribution in [3.63, 3.8) is 0 Å². The Bertz CT molecular complexity index is 688. The van der Waals surface area contributed by atoms with Crippen molar-refractivity contribution in [2.24, 2.45) is 0 Å². The summed E-state index contributed by atoms with van der Waals surface area (Å²) in [7, 11) is 0. The molecule has 2 heterocycles. The Hall–Kier alpha value is -2.41. The summed E-state index contributed by atoms with van der Waals surface area (Å²) in [6.07, 6.45) is 2.81. The second-order valence-corrected chi connectivity index (χ2v) is 6.46. The molecule has 2 amide bonds. The second kappa shape index (κ2) is 7.65. The van der Waals surface area contributed by atoms with E-state index in [9.17, 15) is 14.4 Å². The number of carbonyl (C=O) groups is 3. The molecule has 2 aliphatic heterocycles. The molecule has 3 rings (SSSR count). The van der Waals surface area contributed by atoms with Gasteiger partial charge in [-0.15, -0.1) is 0 Å². The summed E-state index contributed by atoms with van der Waals surface area (Å²) in [5, 5.41) is 11.7. The smallest absolute Gasteiger partial charge is 0.323 e. The molecule has 0 radical (unpaired) electrons. The minimum absolute atomic E-state index is 0.301. The van der Waals surface area contributed by atoms with E-state index in [1.165, 1.54) is 4.90 Å². The third-order valence-corrected chi connectivity index (χ3v) is 4.65. The molecule has 1 fully saturated rings. The lowest BCUT2D eigenvalue weighted by molar-refractivity contribution is -0.144. The van der Waals surface area contributed by atoms with Crippen molar-refractivity contribution < 1.29 is 24.2 Å². The monoisotopic (exact) mass is 346 g/mol. The van der Waals surface area contributed by atoms with Crippen molar-refractivity contribution in [3.8, 4) is 0 Å². The number of fused-ring (bicyclic) bond motifs is 1. The molecule has 1 unspecified atom stereocenters. The number of nitrogens with one attached hydrogen (secondary N) is 1. The van der Waals surface area contributed by atoms with Crippen LogP contribution in [0.5, 0.6) is 0 Å². The van der Waals surface area contributed by atoms with Crippen LogP contribution in [0.4, 0.5) is 0 Å². The zero-order valence-corrected chi connectivity index (χ0v) is 14.0. The zero-order chi connectivity index (χ0) is 17.8. The highest BCUT2D eigenvalue weighted by molar-refractivity contribution is 5.98. The summed E-state index contributed by atoms with van der Waals surface area (Å²) in [5.74, 6) is -1.67. The lowest BCUT2D eigenvalue weighted by Crippen LogP contribution is -2.48. The van der Waals surface area contributed by atoms with Gasteiger partial charge in [0, 0.05) is 12.1 Å². The Balaban J connectivity index is 1.70. The van der Waals surface area contributed by atoms with E-state index in [2.05, 4.69) is 5.32 Å². The van der Waals surface area contributed by atoms with E-state index < -0.39 is 12.0 Å². The average Bonchev–Trinajstić information content (AvgIpc) is 2.77. The summed E-state index contributed by atoms with van der Waals surface area (Å²) < 4.78 is 5.39. The normalized spacial score (nSPS) is 20.6.